The Morgan fingerprint density at radius 1 is 1.15 bits per heavy atom. The molecule has 1 N–H and O–H groups in total. The lowest BCUT2D eigenvalue weighted by Crippen LogP contribution is -2.26. The van der Waals surface area contributed by atoms with Gasteiger partial charge in [0.2, 0.25) is 0 Å². The molecule has 3 aromatic rings. The van der Waals surface area contributed by atoms with Gasteiger partial charge in [0.15, 0.2) is 0 Å². The maximum Gasteiger partial charge on any atom is 0.251 e. The molecule has 0 aliphatic rings. The van der Waals surface area contributed by atoms with Crippen molar-refractivity contribution in [3.8, 4) is 0 Å². The van der Waals surface area contributed by atoms with E-state index < -0.39 is 0 Å². The monoisotopic (exact) mass is 353 g/mol. The van der Waals surface area contributed by atoms with Gasteiger partial charge in [-0.1, -0.05) is 26.0 Å². The summed E-state index contributed by atoms with van der Waals surface area (Å²) in [7, 11) is 0. The van der Waals surface area contributed by atoms with Gasteiger partial charge in [-0.15, -0.1) is 0 Å². The van der Waals surface area contributed by atoms with Crippen molar-refractivity contribution in [2.45, 2.75) is 33.2 Å². The number of rotatable bonds is 7. The van der Waals surface area contributed by atoms with Crippen LogP contribution in [0, 0.1) is 11.7 Å². The van der Waals surface area contributed by atoms with E-state index in [0.29, 0.717) is 24.4 Å². The first-order chi connectivity index (χ1) is 12.5. The number of aryl methyl sites for hydroxylation is 1. The van der Waals surface area contributed by atoms with E-state index in [1.165, 1.54) is 24.3 Å². The molecule has 0 aliphatic carbocycles. The molecule has 0 bridgehead atoms. The molecule has 1 aromatic heterocycles. The van der Waals surface area contributed by atoms with E-state index in [2.05, 4.69) is 29.8 Å². The fourth-order valence-electron chi connectivity index (χ4n) is 2.94. The largest absolute Gasteiger partial charge is 0.352 e. The predicted octanol–water partition coefficient (Wildman–Crippen LogP) is 4.19. The molecule has 3 rings (SSSR count). The third-order valence-corrected chi connectivity index (χ3v) is 4.40. The van der Waals surface area contributed by atoms with Crippen molar-refractivity contribution in [2.24, 2.45) is 5.92 Å². The van der Waals surface area contributed by atoms with E-state index in [9.17, 15) is 9.18 Å². The average Bonchev–Trinajstić information content (AvgIpc) is 2.98. The summed E-state index contributed by atoms with van der Waals surface area (Å²) in [5.74, 6) is 1.05. The zero-order chi connectivity index (χ0) is 18.5. The summed E-state index contributed by atoms with van der Waals surface area (Å²) in [5.41, 5.74) is 2.57. The number of benzene rings is 2. The van der Waals surface area contributed by atoms with Crippen molar-refractivity contribution in [1.29, 1.82) is 0 Å². The first-order valence-electron chi connectivity index (χ1n) is 9.02. The smallest absolute Gasteiger partial charge is 0.251 e. The Bertz CT molecular complexity index is 884. The second kappa shape index (κ2) is 8.13. The molecule has 1 heterocycles. The zero-order valence-corrected chi connectivity index (χ0v) is 15.2. The van der Waals surface area contributed by atoms with E-state index in [1.807, 2.05) is 18.2 Å². The lowest BCUT2D eigenvalue weighted by molar-refractivity contribution is 0.0954. The Morgan fingerprint density at radius 2 is 1.88 bits per heavy atom. The molecule has 2 aromatic carbocycles. The number of nitrogens with zero attached hydrogens (tertiary/aromatic N) is 2. The maximum absolute atomic E-state index is 13.0. The highest BCUT2D eigenvalue weighted by Crippen LogP contribution is 2.18. The standard InChI is InChI=1S/C21H24FN3O/c1-15(2)12-14-25-19-6-4-3-5-18(19)24-20(25)11-13-23-21(26)16-7-9-17(22)10-8-16/h3-10,15H,11-14H2,1-2H3,(H,23,26). The molecule has 0 aliphatic heterocycles. The summed E-state index contributed by atoms with van der Waals surface area (Å²) in [5, 5.41) is 2.89. The summed E-state index contributed by atoms with van der Waals surface area (Å²) in [6, 6.07) is 13.7. The molecule has 136 valence electrons. The third-order valence-electron chi connectivity index (χ3n) is 4.40. The number of halogens is 1. The molecule has 0 saturated heterocycles. The van der Waals surface area contributed by atoms with E-state index >= 15 is 0 Å². The minimum absolute atomic E-state index is 0.199. The topological polar surface area (TPSA) is 46.9 Å². The van der Waals surface area contributed by atoms with Crippen LogP contribution in [0.25, 0.3) is 11.0 Å². The summed E-state index contributed by atoms with van der Waals surface area (Å²) >= 11 is 0. The normalized spacial score (nSPS) is 11.2. The molecule has 0 unspecified atom stereocenters. The number of imidazole rings is 1. The zero-order valence-electron chi connectivity index (χ0n) is 15.2. The molecule has 0 saturated carbocycles. The number of para-hydroxylation sites is 2. The van der Waals surface area contributed by atoms with Gasteiger partial charge in [-0.2, -0.15) is 0 Å². The number of fused-ring (bicyclic) bond motifs is 1. The number of nitrogens with one attached hydrogen (secondary N) is 1. The van der Waals surface area contributed by atoms with Crippen LogP contribution in [0.3, 0.4) is 0 Å². The quantitative estimate of drug-likeness (QED) is 0.692. The number of carbonyl (C=O) groups excluding carboxylic acids is 1. The van der Waals surface area contributed by atoms with Crippen molar-refractivity contribution in [3.05, 3.63) is 65.7 Å². The molecule has 0 spiro atoms. The Hall–Kier alpha value is -2.69. The molecule has 4 nitrogen and oxygen atoms in total. The van der Waals surface area contributed by atoms with Crippen LogP contribution in [0.1, 0.15) is 36.5 Å². The average molecular weight is 353 g/mol. The van der Waals surface area contributed by atoms with Crippen molar-refractivity contribution in [3.63, 3.8) is 0 Å². The lowest BCUT2D eigenvalue weighted by Gasteiger charge is -2.11. The Morgan fingerprint density at radius 3 is 2.62 bits per heavy atom. The fourth-order valence-corrected chi connectivity index (χ4v) is 2.94. The van der Waals surface area contributed by atoms with Crippen LogP contribution >= 0.6 is 0 Å². The van der Waals surface area contributed by atoms with Gasteiger partial charge >= 0.3 is 0 Å². The number of aromatic nitrogens is 2. The first kappa shape index (κ1) is 18.1. The third kappa shape index (κ3) is 4.28. The van der Waals surface area contributed by atoms with Crippen molar-refractivity contribution in [2.75, 3.05) is 6.54 Å². The van der Waals surface area contributed by atoms with Crippen molar-refractivity contribution >= 4 is 16.9 Å². The molecule has 0 radical (unpaired) electrons. The minimum atomic E-state index is -0.347. The van der Waals surface area contributed by atoms with Crippen LogP contribution < -0.4 is 5.32 Å². The molecule has 0 atom stereocenters. The Balaban J connectivity index is 1.68. The number of hydrogen-bond acceptors (Lipinski definition) is 2. The van der Waals surface area contributed by atoms with Crippen LogP contribution in [-0.4, -0.2) is 22.0 Å². The van der Waals surface area contributed by atoms with E-state index in [1.54, 1.807) is 0 Å². The van der Waals surface area contributed by atoms with Crippen molar-refractivity contribution < 1.29 is 9.18 Å². The van der Waals surface area contributed by atoms with Gasteiger partial charge in [-0.3, -0.25) is 4.79 Å². The molecule has 5 heteroatoms. The van der Waals surface area contributed by atoms with E-state index in [4.69, 9.17) is 4.98 Å². The predicted molar refractivity (Wildman–Crippen MR) is 102 cm³/mol. The van der Waals surface area contributed by atoms with Crippen LogP contribution in [0.5, 0.6) is 0 Å². The maximum atomic E-state index is 13.0. The van der Waals surface area contributed by atoms with Crippen molar-refractivity contribution in [1.82, 2.24) is 14.9 Å². The van der Waals surface area contributed by atoms with E-state index in [0.717, 1.165) is 29.8 Å². The number of amides is 1. The highest BCUT2D eigenvalue weighted by atomic mass is 19.1. The van der Waals surface area contributed by atoms with Crippen LogP contribution in [-0.2, 0) is 13.0 Å². The minimum Gasteiger partial charge on any atom is -0.352 e. The number of hydrogen-bond donors (Lipinski definition) is 1. The van der Waals surface area contributed by atoms with Gasteiger partial charge in [0.25, 0.3) is 5.91 Å². The highest BCUT2D eigenvalue weighted by Gasteiger charge is 2.12. The summed E-state index contributed by atoms with van der Waals surface area (Å²) < 4.78 is 15.2. The lowest BCUT2D eigenvalue weighted by atomic mass is 10.1. The fraction of sp³-hybridized carbons (Fsp3) is 0.333. The van der Waals surface area contributed by atoms with Crippen LogP contribution in [0.4, 0.5) is 4.39 Å². The second-order valence-electron chi connectivity index (χ2n) is 6.86. The van der Waals surface area contributed by atoms with Gasteiger partial charge in [0.05, 0.1) is 11.0 Å². The Kier molecular flexibility index (Phi) is 5.66. The molecule has 26 heavy (non-hydrogen) atoms. The SMILES string of the molecule is CC(C)CCn1c(CCNC(=O)c2ccc(F)cc2)nc2ccccc21. The highest BCUT2D eigenvalue weighted by molar-refractivity contribution is 5.94. The van der Waals surface area contributed by atoms with E-state index in [-0.39, 0.29) is 11.7 Å². The molecular weight excluding hydrogens is 329 g/mol. The molecule has 0 fully saturated rings. The van der Waals surface area contributed by atoms with Crippen LogP contribution in [0.15, 0.2) is 48.5 Å². The summed E-state index contributed by atoms with van der Waals surface area (Å²) in [6.45, 7) is 5.82. The van der Waals surface area contributed by atoms with Gasteiger partial charge in [-0.25, -0.2) is 9.37 Å². The first-order valence-corrected chi connectivity index (χ1v) is 9.02. The van der Waals surface area contributed by atoms with Crippen LogP contribution in [0.2, 0.25) is 0 Å². The van der Waals surface area contributed by atoms with Gasteiger partial charge < -0.3 is 9.88 Å². The van der Waals surface area contributed by atoms with Gasteiger partial charge in [0.1, 0.15) is 11.6 Å². The summed E-state index contributed by atoms with van der Waals surface area (Å²) in [6.07, 6.45) is 1.73. The van der Waals surface area contributed by atoms with Gasteiger partial charge in [0, 0.05) is 25.1 Å². The summed E-state index contributed by atoms with van der Waals surface area (Å²) in [4.78, 5) is 16.9. The second-order valence-corrected chi connectivity index (χ2v) is 6.86. The van der Waals surface area contributed by atoms with Gasteiger partial charge in [-0.05, 0) is 48.7 Å². The molecule has 1 amide bonds. The number of carbonyl (C=O) groups is 1. The Labute approximate surface area is 153 Å². The molecular formula is C21H24FN3O.